The summed E-state index contributed by atoms with van der Waals surface area (Å²) in [5.41, 5.74) is 1.37. The van der Waals surface area contributed by atoms with E-state index in [1.165, 1.54) is 0 Å². The van der Waals surface area contributed by atoms with Crippen molar-refractivity contribution in [3.63, 3.8) is 0 Å². The Morgan fingerprint density at radius 2 is 1.91 bits per heavy atom. The zero-order valence-electron chi connectivity index (χ0n) is 12.2. The number of benzene rings is 2. The maximum atomic E-state index is 12.5. The lowest BCUT2D eigenvalue weighted by Crippen LogP contribution is -2.30. The fraction of sp³-hybridized carbons (Fsp3) is 0.0588. The van der Waals surface area contributed by atoms with E-state index in [2.05, 4.69) is 5.32 Å². The molecule has 0 unspecified atom stereocenters. The van der Waals surface area contributed by atoms with Crippen molar-refractivity contribution in [3.8, 4) is 5.75 Å². The molecule has 116 valence electrons. The number of ether oxygens (including phenoxy) is 1. The summed E-state index contributed by atoms with van der Waals surface area (Å²) < 4.78 is 5.14. The van der Waals surface area contributed by atoms with Crippen molar-refractivity contribution in [2.24, 2.45) is 0 Å². The maximum absolute atomic E-state index is 12.5. The first kappa shape index (κ1) is 15.1. The van der Waals surface area contributed by atoms with Crippen molar-refractivity contribution < 1.29 is 14.3 Å². The van der Waals surface area contributed by atoms with Crippen LogP contribution in [0.15, 0.2) is 54.2 Å². The molecule has 2 aromatic rings. The predicted octanol–water partition coefficient (Wildman–Crippen LogP) is 3.45. The first-order valence-electron chi connectivity index (χ1n) is 6.85. The van der Waals surface area contributed by atoms with Gasteiger partial charge in [0.1, 0.15) is 11.4 Å². The Kier molecular flexibility index (Phi) is 4.04. The Balaban J connectivity index is 1.93. The summed E-state index contributed by atoms with van der Waals surface area (Å²) in [7, 11) is 1.57. The largest absolute Gasteiger partial charge is 0.497 e. The third-order valence-electron chi connectivity index (χ3n) is 3.35. The number of methoxy groups -OCH3 is 1. The number of carbonyl (C=O) groups excluding carboxylic acids is 2. The van der Waals surface area contributed by atoms with Crippen LogP contribution in [0, 0.1) is 0 Å². The van der Waals surface area contributed by atoms with Gasteiger partial charge in [0.25, 0.3) is 5.91 Å². The predicted molar refractivity (Wildman–Crippen MR) is 88.4 cm³/mol. The van der Waals surface area contributed by atoms with E-state index in [4.69, 9.17) is 16.3 Å². The van der Waals surface area contributed by atoms with Crippen LogP contribution in [-0.4, -0.2) is 19.0 Å². The summed E-state index contributed by atoms with van der Waals surface area (Å²) in [6, 6.07) is 13.3. The van der Waals surface area contributed by atoms with Crippen LogP contribution in [0.2, 0.25) is 5.02 Å². The highest BCUT2D eigenvalue weighted by molar-refractivity contribution is 6.32. The van der Waals surface area contributed by atoms with Gasteiger partial charge < -0.3 is 10.1 Å². The number of anilines is 1. The number of rotatable bonds is 3. The standard InChI is InChI=1S/C17H13ClN2O3/c1-23-14-7-2-4-11(8-14)9-15-16(21)20(17(22)19-15)13-6-3-5-12(18)10-13/h2-10H,1H3,(H,19,22)/b15-9-. The second-order valence-electron chi connectivity index (χ2n) is 4.89. The molecule has 23 heavy (non-hydrogen) atoms. The number of hydrogen-bond donors (Lipinski definition) is 1. The van der Waals surface area contributed by atoms with Gasteiger partial charge >= 0.3 is 6.03 Å². The maximum Gasteiger partial charge on any atom is 0.333 e. The van der Waals surface area contributed by atoms with Crippen molar-refractivity contribution in [3.05, 3.63) is 64.8 Å². The van der Waals surface area contributed by atoms with Crippen LogP contribution in [0.3, 0.4) is 0 Å². The third-order valence-corrected chi connectivity index (χ3v) is 3.58. The van der Waals surface area contributed by atoms with Gasteiger partial charge in [-0.3, -0.25) is 4.79 Å². The summed E-state index contributed by atoms with van der Waals surface area (Å²) in [4.78, 5) is 25.6. The molecule has 2 aromatic carbocycles. The minimum atomic E-state index is -0.508. The number of amides is 3. The van der Waals surface area contributed by atoms with E-state index in [1.807, 2.05) is 6.07 Å². The van der Waals surface area contributed by atoms with Gasteiger partial charge in [0.15, 0.2) is 0 Å². The number of halogens is 1. The van der Waals surface area contributed by atoms with Gasteiger partial charge in [-0.15, -0.1) is 0 Å². The molecule has 0 saturated carbocycles. The Hall–Kier alpha value is -2.79. The molecule has 3 amide bonds. The van der Waals surface area contributed by atoms with Gasteiger partial charge in [0.2, 0.25) is 0 Å². The smallest absolute Gasteiger partial charge is 0.333 e. The summed E-state index contributed by atoms with van der Waals surface area (Å²) >= 11 is 5.92. The molecule has 0 spiro atoms. The molecule has 1 saturated heterocycles. The Bertz CT molecular complexity index is 817. The zero-order chi connectivity index (χ0) is 16.4. The molecule has 0 radical (unpaired) electrons. The number of imide groups is 1. The molecule has 0 bridgehead atoms. The molecule has 6 heteroatoms. The minimum Gasteiger partial charge on any atom is -0.497 e. The SMILES string of the molecule is COc1cccc(/C=C2\NC(=O)N(c3cccc(Cl)c3)C2=O)c1. The van der Waals surface area contributed by atoms with Gasteiger partial charge in [-0.1, -0.05) is 29.8 Å². The van der Waals surface area contributed by atoms with Crippen LogP contribution in [0.5, 0.6) is 5.75 Å². The van der Waals surface area contributed by atoms with Crippen molar-refractivity contribution >= 4 is 35.3 Å². The highest BCUT2D eigenvalue weighted by Crippen LogP contribution is 2.25. The Labute approximate surface area is 138 Å². The number of carbonyl (C=O) groups is 2. The molecule has 1 aliphatic rings. The minimum absolute atomic E-state index is 0.197. The lowest BCUT2D eigenvalue weighted by molar-refractivity contribution is -0.113. The van der Waals surface area contributed by atoms with Crippen molar-refractivity contribution in [1.29, 1.82) is 0 Å². The number of nitrogens with zero attached hydrogens (tertiary/aromatic N) is 1. The summed E-state index contributed by atoms with van der Waals surface area (Å²) in [6.45, 7) is 0. The summed E-state index contributed by atoms with van der Waals surface area (Å²) in [5.74, 6) is 0.239. The van der Waals surface area contributed by atoms with Crippen molar-refractivity contribution in [2.75, 3.05) is 12.0 Å². The van der Waals surface area contributed by atoms with E-state index >= 15 is 0 Å². The van der Waals surface area contributed by atoms with Crippen LogP contribution in [0.4, 0.5) is 10.5 Å². The molecule has 5 nitrogen and oxygen atoms in total. The van der Waals surface area contributed by atoms with E-state index in [1.54, 1.807) is 55.7 Å². The molecule has 0 atom stereocenters. The molecule has 0 aromatic heterocycles. The Morgan fingerprint density at radius 1 is 1.13 bits per heavy atom. The van der Waals surface area contributed by atoms with Gasteiger partial charge in [-0.05, 0) is 42.0 Å². The van der Waals surface area contributed by atoms with Crippen LogP contribution < -0.4 is 15.0 Å². The fourth-order valence-corrected chi connectivity index (χ4v) is 2.47. The fourth-order valence-electron chi connectivity index (χ4n) is 2.28. The molecular formula is C17H13ClN2O3. The second kappa shape index (κ2) is 6.14. The first-order valence-corrected chi connectivity index (χ1v) is 7.23. The topological polar surface area (TPSA) is 58.6 Å². The van der Waals surface area contributed by atoms with E-state index in [9.17, 15) is 9.59 Å². The van der Waals surface area contributed by atoms with Crippen molar-refractivity contribution in [1.82, 2.24) is 5.32 Å². The normalized spacial score (nSPS) is 15.9. The van der Waals surface area contributed by atoms with Crippen LogP contribution in [0.1, 0.15) is 5.56 Å². The first-order chi connectivity index (χ1) is 11.1. The van der Waals surface area contributed by atoms with E-state index in [-0.39, 0.29) is 5.70 Å². The highest BCUT2D eigenvalue weighted by atomic mass is 35.5. The molecule has 1 aliphatic heterocycles. The monoisotopic (exact) mass is 328 g/mol. The summed E-state index contributed by atoms with van der Waals surface area (Å²) in [5, 5.41) is 3.02. The average Bonchev–Trinajstić information content (AvgIpc) is 2.81. The molecule has 1 fully saturated rings. The zero-order valence-corrected chi connectivity index (χ0v) is 13.0. The van der Waals surface area contributed by atoms with Crippen LogP contribution in [0.25, 0.3) is 6.08 Å². The molecule has 3 rings (SSSR count). The van der Waals surface area contributed by atoms with E-state index in [0.29, 0.717) is 16.5 Å². The van der Waals surface area contributed by atoms with Crippen LogP contribution in [-0.2, 0) is 4.79 Å². The second-order valence-corrected chi connectivity index (χ2v) is 5.32. The van der Waals surface area contributed by atoms with E-state index < -0.39 is 11.9 Å². The average molecular weight is 329 g/mol. The molecular weight excluding hydrogens is 316 g/mol. The third kappa shape index (κ3) is 3.05. The van der Waals surface area contributed by atoms with Gasteiger partial charge in [0, 0.05) is 5.02 Å². The molecule has 0 aliphatic carbocycles. The van der Waals surface area contributed by atoms with Crippen molar-refractivity contribution in [2.45, 2.75) is 0 Å². The van der Waals surface area contributed by atoms with E-state index in [0.717, 1.165) is 10.5 Å². The number of nitrogens with one attached hydrogen (secondary N) is 1. The Morgan fingerprint density at radius 3 is 2.65 bits per heavy atom. The highest BCUT2D eigenvalue weighted by Gasteiger charge is 2.34. The quantitative estimate of drug-likeness (QED) is 0.693. The van der Waals surface area contributed by atoms with Gasteiger partial charge in [0.05, 0.1) is 12.8 Å². The number of urea groups is 1. The lowest BCUT2D eigenvalue weighted by Gasteiger charge is -2.11. The molecule has 1 heterocycles. The van der Waals surface area contributed by atoms with Gasteiger partial charge in [-0.25, -0.2) is 9.69 Å². The molecule has 1 N–H and O–H groups in total. The van der Waals surface area contributed by atoms with Crippen LogP contribution >= 0.6 is 11.6 Å². The summed E-state index contributed by atoms with van der Waals surface area (Å²) in [6.07, 6.45) is 1.60. The van der Waals surface area contributed by atoms with Gasteiger partial charge in [-0.2, -0.15) is 0 Å². The number of hydrogen-bond acceptors (Lipinski definition) is 3. The lowest BCUT2D eigenvalue weighted by atomic mass is 10.2.